The Morgan fingerprint density at radius 2 is 1.95 bits per heavy atom. The van der Waals surface area contributed by atoms with Gasteiger partial charge in [0.1, 0.15) is 5.82 Å². The van der Waals surface area contributed by atoms with Crippen LogP contribution in [0.1, 0.15) is 63.3 Å². The van der Waals surface area contributed by atoms with Crippen LogP contribution in [-0.4, -0.2) is 27.1 Å². The van der Waals surface area contributed by atoms with Gasteiger partial charge < -0.3 is 10.4 Å². The molecule has 106 valence electrons. The number of carboxylic acid groups (broad SMARTS) is 1. The van der Waals surface area contributed by atoms with E-state index in [1.165, 1.54) is 0 Å². The van der Waals surface area contributed by atoms with E-state index in [4.69, 9.17) is 0 Å². The smallest absolute Gasteiger partial charge is 0.356 e. The maximum Gasteiger partial charge on any atom is 0.356 e. The molecule has 5 nitrogen and oxygen atoms in total. The molecule has 0 spiro atoms. The lowest BCUT2D eigenvalue weighted by Gasteiger charge is -2.18. The Balaban J connectivity index is 2.97. The molecule has 5 heteroatoms. The van der Waals surface area contributed by atoms with E-state index in [2.05, 4.69) is 29.1 Å². The van der Waals surface area contributed by atoms with Crippen LogP contribution in [0.5, 0.6) is 0 Å². The summed E-state index contributed by atoms with van der Waals surface area (Å²) in [5.74, 6) is 0.190. The number of nitrogens with one attached hydrogen (secondary N) is 1. The Bertz CT molecular complexity index is 444. The minimum atomic E-state index is -1.02. The van der Waals surface area contributed by atoms with Gasteiger partial charge in [0, 0.05) is 12.0 Å². The number of hydrogen-bond donors (Lipinski definition) is 2. The van der Waals surface area contributed by atoms with Gasteiger partial charge in [-0.1, -0.05) is 27.7 Å². The Kier molecular flexibility index (Phi) is 5.27. The molecular formula is C14H23N3O2. The standard InChI is InChI=1S/C14H23N3O2/c1-8(2)6-10(5)16-11-7-15-13(9(3)4)17-12(11)14(18)19/h7-10,16H,6H2,1-5H3,(H,18,19). The van der Waals surface area contributed by atoms with E-state index in [1.807, 2.05) is 20.8 Å². The average Bonchev–Trinajstić information content (AvgIpc) is 2.27. The Hall–Kier alpha value is -1.65. The van der Waals surface area contributed by atoms with Crippen LogP contribution in [0.4, 0.5) is 5.69 Å². The highest BCUT2D eigenvalue weighted by molar-refractivity contribution is 5.91. The quantitative estimate of drug-likeness (QED) is 0.826. The first-order valence-electron chi connectivity index (χ1n) is 6.68. The zero-order valence-electron chi connectivity index (χ0n) is 12.3. The molecule has 0 amide bonds. The molecule has 0 aromatic carbocycles. The number of aromatic carboxylic acids is 1. The predicted molar refractivity (Wildman–Crippen MR) is 75.6 cm³/mol. The van der Waals surface area contributed by atoms with Gasteiger partial charge in [0.05, 0.1) is 11.9 Å². The minimum absolute atomic E-state index is 0.0503. The third-order valence-electron chi connectivity index (χ3n) is 2.75. The number of anilines is 1. The Labute approximate surface area is 114 Å². The summed E-state index contributed by atoms with van der Waals surface area (Å²) in [6, 6.07) is 0.187. The average molecular weight is 265 g/mol. The molecule has 19 heavy (non-hydrogen) atoms. The van der Waals surface area contributed by atoms with Gasteiger partial charge in [-0.15, -0.1) is 0 Å². The summed E-state index contributed by atoms with van der Waals surface area (Å²) >= 11 is 0. The second kappa shape index (κ2) is 6.50. The van der Waals surface area contributed by atoms with Crippen molar-refractivity contribution < 1.29 is 9.90 Å². The molecule has 1 aromatic heterocycles. The molecule has 0 saturated carbocycles. The predicted octanol–water partition coefficient (Wildman–Crippen LogP) is 3.14. The van der Waals surface area contributed by atoms with Crippen LogP contribution in [0.2, 0.25) is 0 Å². The zero-order valence-corrected chi connectivity index (χ0v) is 12.3. The van der Waals surface area contributed by atoms with Crippen molar-refractivity contribution in [3.63, 3.8) is 0 Å². The molecular weight excluding hydrogens is 242 g/mol. The van der Waals surface area contributed by atoms with E-state index >= 15 is 0 Å². The van der Waals surface area contributed by atoms with Gasteiger partial charge in [-0.2, -0.15) is 0 Å². The van der Waals surface area contributed by atoms with Crippen molar-refractivity contribution in [1.82, 2.24) is 9.97 Å². The molecule has 0 aliphatic carbocycles. The zero-order chi connectivity index (χ0) is 14.6. The van der Waals surface area contributed by atoms with Gasteiger partial charge in [0.25, 0.3) is 0 Å². The van der Waals surface area contributed by atoms with Crippen LogP contribution < -0.4 is 5.32 Å². The van der Waals surface area contributed by atoms with Gasteiger partial charge in [-0.25, -0.2) is 14.8 Å². The molecule has 0 aliphatic rings. The highest BCUT2D eigenvalue weighted by atomic mass is 16.4. The van der Waals surface area contributed by atoms with Crippen molar-refractivity contribution in [2.45, 2.75) is 53.0 Å². The first-order valence-corrected chi connectivity index (χ1v) is 6.68. The molecule has 1 unspecified atom stereocenters. The van der Waals surface area contributed by atoms with Crippen molar-refractivity contribution in [3.05, 3.63) is 17.7 Å². The third kappa shape index (κ3) is 4.50. The number of hydrogen-bond acceptors (Lipinski definition) is 4. The molecule has 1 aromatic rings. The number of nitrogens with zero attached hydrogens (tertiary/aromatic N) is 2. The van der Waals surface area contributed by atoms with Gasteiger partial charge in [-0.05, 0) is 19.3 Å². The fourth-order valence-electron chi connectivity index (χ4n) is 1.97. The lowest BCUT2D eigenvalue weighted by molar-refractivity contribution is 0.0691. The maximum absolute atomic E-state index is 11.3. The van der Waals surface area contributed by atoms with Gasteiger partial charge in [0.15, 0.2) is 5.69 Å². The molecule has 1 atom stereocenters. The van der Waals surface area contributed by atoms with Crippen molar-refractivity contribution in [1.29, 1.82) is 0 Å². The molecule has 0 radical (unpaired) electrons. The second-order valence-electron chi connectivity index (χ2n) is 5.63. The summed E-state index contributed by atoms with van der Waals surface area (Å²) in [7, 11) is 0. The lowest BCUT2D eigenvalue weighted by atomic mass is 10.1. The summed E-state index contributed by atoms with van der Waals surface area (Å²) < 4.78 is 0. The summed E-state index contributed by atoms with van der Waals surface area (Å²) in [5.41, 5.74) is 0.541. The SMILES string of the molecule is CC(C)CC(C)Nc1cnc(C(C)C)nc1C(=O)O. The second-order valence-corrected chi connectivity index (χ2v) is 5.63. The van der Waals surface area contributed by atoms with Gasteiger partial charge >= 0.3 is 5.97 Å². The summed E-state index contributed by atoms with van der Waals surface area (Å²) in [5, 5.41) is 12.4. The first kappa shape index (κ1) is 15.4. The Morgan fingerprint density at radius 3 is 2.42 bits per heavy atom. The number of carboxylic acids is 1. The van der Waals surface area contributed by atoms with Crippen LogP contribution in [0.3, 0.4) is 0 Å². The van der Waals surface area contributed by atoms with Crippen LogP contribution in [0.15, 0.2) is 6.20 Å². The highest BCUT2D eigenvalue weighted by Crippen LogP contribution is 2.18. The van der Waals surface area contributed by atoms with Crippen LogP contribution in [-0.2, 0) is 0 Å². The maximum atomic E-state index is 11.3. The monoisotopic (exact) mass is 265 g/mol. The van der Waals surface area contributed by atoms with E-state index in [0.717, 1.165) is 6.42 Å². The summed E-state index contributed by atoms with van der Waals surface area (Å²) in [6.45, 7) is 10.2. The summed E-state index contributed by atoms with van der Waals surface area (Å²) in [6.07, 6.45) is 2.54. The fraction of sp³-hybridized carbons (Fsp3) is 0.643. The fourth-order valence-corrected chi connectivity index (χ4v) is 1.97. The van der Waals surface area contributed by atoms with E-state index in [-0.39, 0.29) is 17.7 Å². The first-order chi connectivity index (χ1) is 8.81. The molecule has 0 fully saturated rings. The minimum Gasteiger partial charge on any atom is -0.476 e. The number of carbonyl (C=O) groups is 1. The summed E-state index contributed by atoms with van der Waals surface area (Å²) in [4.78, 5) is 19.6. The third-order valence-corrected chi connectivity index (χ3v) is 2.75. The van der Waals surface area contributed by atoms with Gasteiger partial charge in [-0.3, -0.25) is 0 Å². The normalized spacial score (nSPS) is 12.8. The van der Waals surface area contributed by atoms with E-state index in [1.54, 1.807) is 6.20 Å². The molecule has 2 N–H and O–H groups in total. The lowest BCUT2D eigenvalue weighted by Crippen LogP contribution is -2.21. The molecule has 0 bridgehead atoms. The van der Waals surface area contributed by atoms with Crippen molar-refractivity contribution in [3.8, 4) is 0 Å². The molecule has 1 heterocycles. The largest absolute Gasteiger partial charge is 0.476 e. The topological polar surface area (TPSA) is 75.1 Å². The van der Waals surface area contributed by atoms with Crippen molar-refractivity contribution in [2.75, 3.05) is 5.32 Å². The van der Waals surface area contributed by atoms with E-state index in [0.29, 0.717) is 17.4 Å². The van der Waals surface area contributed by atoms with E-state index < -0.39 is 5.97 Å². The number of rotatable bonds is 6. The number of aromatic nitrogens is 2. The molecule has 0 saturated heterocycles. The molecule has 1 rings (SSSR count). The van der Waals surface area contributed by atoms with E-state index in [9.17, 15) is 9.90 Å². The molecule has 0 aliphatic heterocycles. The Morgan fingerprint density at radius 1 is 1.32 bits per heavy atom. The highest BCUT2D eigenvalue weighted by Gasteiger charge is 2.17. The van der Waals surface area contributed by atoms with Crippen molar-refractivity contribution >= 4 is 11.7 Å². The van der Waals surface area contributed by atoms with Gasteiger partial charge in [0.2, 0.25) is 0 Å². The van der Waals surface area contributed by atoms with Crippen LogP contribution in [0.25, 0.3) is 0 Å². The van der Waals surface area contributed by atoms with Crippen LogP contribution >= 0.6 is 0 Å². The van der Waals surface area contributed by atoms with Crippen LogP contribution in [0, 0.1) is 5.92 Å². The van der Waals surface area contributed by atoms with Crippen molar-refractivity contribution in [2.24, 2.45) is 5.92 Å².